The molecule has 0 atom stereocenters. The van der Waals surface area contributed by atoms with Crippen molar-refractivity contribution in [2.75, 3.05) is 32.7 Å². The van der Waals surface area contributed by atoms with Gasteiger partial charge in [-0.25, -0.2) is 4.39 Å². The number of phenolic OH excluding ortho intramolecular Hbond substituents is 1. The average Bonchev–Trinajstić information content (AvgIpc) is 3.27. The van der Waals surface area contributed by atoms with Crippen LogP contribution in [0.4, 0.5) is 4.39 Å². The number of benzene rings is 2. The molecule has 5 heteroatoms. The molecule has 0 radical (unpaired) electrons. The Morgan fingerprint density at radius 1 is 0.969 bits per heavy atom. The molecule has 1 heterocycles. The third-order valence-electron chi connectivity index (χ3n) is 7.38. The molecule has 0 bridgehead atoms. The van der Waals surface area contributed by atoms with Crippen LogP contribution in [0.1, 0.15) is 62.5 Å². The molecule has 4 rings (SSSR count). The molecule has 0 spiro atoms. The van der Waals surface area contributed by atoms with Gasteiger partial charge in [0.1, 0.15) is 11.6 Å². The summed E-state index contributed by atoms with van der Waals surface area (Å²) in [5.41, 5.74) is 1.65. The third kappa shape index (κ3) is 5.65. The van der Waals surface area contributed by atoms with Gasteiger partial charge in [-0.1, -0.05) is 61.2 Å². The highest BCUT2D eigenvalue weighted by molar-refractivity contribution is 6.32. The van der Waals surface area contributed by atoms with E-state index in [1.807, 2.05) is 24.3 Å². The van der Waals surface area contributed by atoms with E-state index in [1.54, 1.807) is 18.2 Å². The number of hydrogen-bond donors (Lipinski definition) is 1. The van der Waals surface area contributed by atoms with E-state index in [2.05, 4.69) is 9.80 Å². The highest BCUT2D eigenvalue weighted by Crippen LogP contribution is 2.43. The fraction of sp³-hybridized carbons (Fsp3) is 0.556. The smallest absolute Gasteiger partial charge is 0.134 e. The topological polar surface area (TPSA) is 26.7 Å². The van der Waals surface area contributed by atoms with E-state index in [1.165, 1.54) is 32.4 Å². The van der Waals surface area contributed by atoms with Crippen LogP contribution in [-0.2, 0) is 12.0 Å². The van der Waals surface area contributed by atoms with Crippen LogP contribution in [0.5, 0.6) is 5.75 Å². The lowest BCUT2D eigenvalue weighted by Gasteiger charge is -2.37. The molecule has 0 aromatic heterocycles. The molecular formula is C27H36ClFN2O. The maximum atomic E-state index is 14.9. The molecule has 1 N–H and O–H groups in total. The van der Waals surface area contributed by atoms with Crippen LogP contribution < -0.4 is 0 Å². The maximum Gasteiger partial charge on any atom is 0.134 e. The lowest BCUT2D eigenvalue weighted by Crippen LogP contribution is -2.41. The Balaban J connectivity index is 1.53. The lowest BCUT2D eigenvalue weighted by molar-refractivity contribution is 0.171. The number of hydrogen-bond acceptors (Lipinski definition) is 3. The van der Waals surface area contributed by atoms with Crippen LogP contribution >= 0.6 is 11.6 Å². The van der Waals surface area contributed by atoms with Crippen molar-refractivity contribution in [3.63, 3.8) is 0 Å². The second-order valence-corrected chi connectivity index (χ2v) is 10.1. The summed E-state index contributed by atoms with van der Waals surface area (Å²) >= 11 is 6.44. The molecule has 2 fully saturated rings. The maximum absolute atomic E-state index is 14.9. The van der Waals surface area contributed by atoms with Crippen molar-refractivity contribution in [3.05, 3.63) is 64.4 Å². The fourth-order valence-electron chi connectivity index (χ4n) is 5.73. The first-order valence-electron chi connectivity index (χ1n) is 12.2. The summed E-state index contributed by atoms with van der Waals surface area (Å²) in [7, 11) is 0. The molecule has 1 aliphatic carbocycles. The summed E-state index contributed by atoms with van der Waals surface area (Å²) in [6, 6.07) is 12.8. The molecule has 2 aromatic rings. The van der Waals surface area contributed by atoms with Crippen LogP contribution in [-0.4, -0.2) is 47.6 Å². The Morgan fingerprint density at radius 3 is 2.47 bits per heavy atom. The summed E-state index contributed by atoms with van der Waals surface area (Å²) in [4.78, 5) is 5.02. The summed E-state index contributed by atoms with van der Waals surface area (Å²) < 4.78 is 14.9. The summed E-state index contributed by atoms with van der Waals surface area (Å²) in [6.45, 7) is 5.95. The summed E-state index contributed by atoms with van der Waals surface area (Å²) in [6.07, 6.45) is 9.37. The van der Waals surface area contributed by atoms with Crippen LogP contribution in [0.25, 0.3) is 0 Å². The highest BCUT2D eigenvalue weighted by atomic mass is 35.5. The van der Waals surface area contributed by atoms with Gasteiger partial charge in [0.2, 0.25) is 0 Å². The van der Waals surface area contributed by atoms with Crippen molar-refractivity contribution >= 4 is 11.6 Å². The predicted octanol–water partition coefficient (Wildman–Crippen LogP) is 6.37. The minimum absolute atomic E-state index is 0.0851. The van der Waals surface area contributed by atoms with Gasteiger partial charge in [-0.15, -0.1) is 0 Å². The van der Waals surface area contributed by atoms with Crippen molar-refractivity contribution in [2.24, 2.45) is 0 Å². The first kappa shape index (κ1) is 23.5. The molecule has 32 heavy (non-hydrogen) atoms. The molecule has 0 amide bonds. The number of phenols is 1. The molecule has 0 unspecified atom stereocenters. The van der Waals surface area contributed by atoms with E-state index in [0.717, 1.165) is 62.9 Å². The Bertz CT molecular complexity index is 878. The number of likely N-dealkylation sites (tertiary alicyclic amines) is 1. The second kappa shape index (κ2) is 11.0. The molecular weight excluding hydrogens is 423 g/mol. The zero-order chi connectivity index (χ0) is 22.4. The van der Waals surface area contributed by atoms with E-state index < -0.39 is 0 Å². The van der Waals surface area contributed by atoms with Crippen LogP contribution in [0.3, 0.4) is 0 Å². The lowest BCUT2D eigenvalue weighted by atomic mass is 9.78. The van der Waals surface area contributed by atoms with E-state index in [-0.39, 0.29) is 17.0 Å². The van der Waals surface area contributed by atoms with Crippen LogP contribution in [0.2, 0.25) is 5.02 Å². The van der Waals surface area contributed by atoms with Gasteiger partial charge in [0.15, 0.2) is 0 Å². The SMILES string of the molecule is Oc1cccc(CN(CCCN2CCCCC2)CC2(c3ccccc3F)CCCC2)c1Cl. The van der Waals surface area contributed by atoms with Gasteiger partial charge in [-0.3, -0.25) is 4.90 Å². The molecule has 2 aliphatic rings. The van der Waals surface area contributed by atoms with Gasteiger partial charge < -0.3 is 10.0 Å². The molecule has 1 saturated heterocycles. The summed E-state index contributed by atoms with van der Waals surface area (Å²) in [5, 5.41) is 10.5. The number of rotatable bonds is 9. The standard InChI is InChI=1S/C27H36ClFN2O/c28-26-22(10-8-13-25(26)32)20-31(19-9-18-30-16-6-1-7-17-30)21-27(14-4-5-15-27)23-11-2-3-12-24(23)29/h2-3,8,10-13,32H,1,4-7,9,14-21H2. The van der Waals surface area contributed by atoms with Crippen molar-refractivity contribution in [1.82, 2.24) is 9.80 Å². The van der Waals surface area contributed by atoms with Gasteiger partial charge in [0, 0.05) is 18.5 Å². The molecule has 2 aromatic carbocycles. The monoisotopic (exact) mass is 458 g/mol. The number of piperidine rings is 1. The Hall–Kier alpha value is -1.62. The zero-order valence-corrected chi connectivity index (χ0v) is 19.8. The summed E-state index contributed by atoms with van der Waals surface area (Å²) in [5.74, 6) is 0.0418. The quantitative estimate of drug-likeness (QED) is 0.472. The van der Waals surface area contributed by atoms with Crippen molar-refractivity contribution in [2.45, 2.75) is 63.3 Å². The van der Waals surface area contributed by atoms with Gasteiger partial charge in [0.05, 0.1) is 5.02 Å². The third-order valence-corrected chi connectivity index (χ3v) is 7.82. The highest BCUT2D eigenvalue weighted by Gasteiger charge is 2.39. The van der Waals surface area contributed by atoms with Crippen molar-refractivity contribution in [3.8, 4) is 5.75 Å². The van der Waals surface area contributed by atoms with Crippen molar-refractivity contribution in [1.29, 1.82) is 0 Å². The first-order valence-corrected chi connectivity index (χ1v) is 12.6. The Kier molecular flexibility index (Phi) is 8.09. The fourth-order valence-corrected chi connectivity index (χ4v) is 5.91. The number of nitrogens with zero attached hydrogens (tertiary/aromatic N) is 2. The van der Waals surface area contributed by atoms with Crippen molar-refractivity contribution < 1.29 is 9.50 Å². The minimum atomic E-state index is -0.153. The largest absolute Gasteiger partial charge is 0.506 e. The zero-order valence-electron chi connectivity index (χ0n) is 19.0. The van der Waals surface area contributed by atoms with E-state index in [4.69, 9.17) is 11.6 Å². The number of aromatic hydroxyl groups is 1. The van der Waals surface area contributed by atoms with Gasteiger partial charge in [0.25, 0.3) is 0 Å². The van der Waals surface area contributed by atoms with Gasteiger partial charge >= 0.3 is 0 Å². The molecule has 1 aliphatic heterocycles. The molecule has 3 nitrogen and oxygen atoms in total. The normalized spacial score (nSPS) is 19.0. The number of halogens is 2. The van der Waals surface area contributed by atoms with Gasteiger partial charge in [-0.05, 0) is 81.5 Å². The average molecular weight is 459 g/mol. The predicted molar refractivity (Wildman–Crippen MR) is 130 cm³/mol. The van der Waals surface area contributed by atoms with Crippen LogP contribution in [0.15, 0.2) is 42.5 Å². The van der Waals surface area contributed by atoms with Gasteiger partial charge in [-0.2, -0.15) is 0 Å². The van der Waals surface area contributed by atoms with E-state index in [9.17, 15) is 9.50 Å². The minimum Gasteiger partial charge on any atom is -0.506 e. The Morgan fingerprint density at radius 2 is 1.72 bits per heavy atom. The van der Waals surface area contributed by atoms with E-state index >= 15 is 0 Å². The Labute approximate surface area is 197 Å². The first-order chi connectivity index (χ1) is 15.6. The molecule has 1 saturated carbocycles. The molecule has 174 valence electrons. The second-order valence-electron chi connectivity index (χ2n) is 9.68. The van der Waals surface area contributed by atoms with E-state index in [0.29, 0.717) is 11.6 Å². The van der Waals surface area contributed by atoms with Crippen LogP contribution in [0, 0.1) is 5.82 Å².